The van der Waals surface area contributed by atoms with Crippen molar-refractivity contribution in [1.82, 2.24) is 5.32 Å². The lowest BCUT2D eigenvalue weighted by Gasteiger charge is -2.09. The predicted molar refractivity (Wildman–Crippen MR) is 198 cm³/mol. The van der Waals surface area contributed by atoms with Crippen molar-refractivity contribution >= 4 is 43.5 Å². The van der Waals surface area contributed by atoms with Crippen molar-refractivity contribution < 1.29 is 50.2 Å². The lowest BCUT2D eigenvalue weighted by atomic mass is 10.1. The largest absolute Gasteiger partial charge is 0.423 e. The maximum Gasteiger partial charge on any atom is 0.343 e. The van der Waals surface area contributed by atoms with Crippen molar-refractivity contribution in [2.75, 3.05) is 7.05 Å². The molecule has 0 heterocycles. The number of esters is 3. The van der Waals surface area contributed by atoms with Gasteiger partial charge >= 0.3 is 17.9 Å². The van der Waals surface area contributed by atoms with E-state index in [9.17, 15) is 36.0 Å². The normalized spacial score (nSPS) is 11.2. The quantitative estimate of drug-likeness (QED) is 0.114. The molecule has 0 unspecified atom stereocenters. The molecule has 14 heteroatoms. The zero-order valence-corrected chi connectivity index (χ0v) is 30.4. The summed E-state index contributed by atoms with van der Waals surface area (Å²) < 4.78 is 68.4. The van der Waals surface area contributed by atoms with Crippen LogP contribution in [-0.4, -0.2) is 47.7 Å². The molecule has 0 atom stereocenters. The van der Waals surface area contributed by atoms with E-state index in [0.717, 1.165) is 0 Å². The van der Waals surface area contributed by atoms with E-state index in [-0.39, 0.29) is 65.0 Å². The van der Waals surface area contributed by atoms with Crippen LogP contribution in [0, 0.1) is 0 Å². The number of carbonyl (C=O) groups is 4. The molecule has 55 heavy (non-hydrogen) atoms. The summed E-state index contributed by atoms with van der Waals surface area (Å²) in [6.45, 7) is 0. The molecule has 0 aliphatic carbocycles. The van der Waals surface area contributed by atoms with Gasteiger partial charge in [-0.15, -0.1) is 0 Å². The maximum absolute atomic E-state index is 13.3. The van der Waals surface area contributed by atoms with Crippen LogP contribution in [0.1, 0.15) is 41.4 Å². The summed E-state index contributed by atoms with van der Waals surface area (Å²) in [5.74, 6) is -2.54. The molecular formula is C41H29NO11S2. The van der Waals surface area contributed by atoms with Gasteiger partial charge in [0.2, 0.25) is 19.7 Å². The summed E-state index contributed by atoms with van der Waals surface area (Å²) in [5, 5.41) is 2.47. The van der Waals surface area contributed by atoms with Gasteiger partial charge in [-0.3, -0.25) is 4.79 Å². The molecule has 0 fully saturated rings. The predicted octanol–water partition coefficient (Wildman–Crippen LogP) is 6.37. The fraction of sp³-hybridized carbons (Fsp3) is 0.0244. The van der Waals surface area contributed by atoms with E-state index in [1.807, 2.05) is 0 Å². The van der Waals surface area contributed by atoms with Gasteiger partial charge in [-0.05, 0) is 121 Å². The van der Waals surface area contributed by atoms with Gasteiger partial charge in [-0.2, -0.15) is 0 Å². The highest BCUT2D eigenvalue weighted by Crippen LogP contribution is 2.27. The van der Waals surface area contributed by atoms with Crippen LogP contribution in [-0.2, 0) is 19.7 Å². The van der Waals surface area contributed by atoms with Crippen molar-refractivity contribution in [3.05, 3.63) is 174 Å². The molecule has 0 bridgehead atoms. The first-order valence-corrected chi connectivity index (χ1v) is 19.3. The Morgan fingerprint density at radius 1 is 0.400 bits per heavy atom. The van der Waals surface area contributed by atoms with E-state index >= 15 is 0 Å². The van der Waals surface area contributed by atoms with E-state index in [2.05, 4.69) is 5.32 Å². The molecule has 0 aliphatic heterocycles. The fourth-order valence-electron chi connectivity index (χ4n) is 5.14. The fourth-order valence-corrected chi connectivity index (χ4v) is 7.68. The molecular weight excluding hydrogens is 747 g/mol. The van der Waals surface area contributed by atoms with Gasteiger partial charge in [0.1, 0.15) is 17.2 Å². The number of benzene rings is 6. The molecule has 0 saturated heterocycles. The Labute approximate surface area is 315 Å². The van der Waals surface area contributed by atoms with Crippen LogP contribution < -0.4 is 19.5 Å². The zero-order chi connectivity index (χ0) is 39.2. The second kappa shape index (κ2) is 16.0. The highest BCUT2D eigenvalue weighted by Gasteiger charge is 2.21. The molecule has 0 aliphatic rings. The third-order valence-electron chi connectivity index (χ3n) is 8.01. The lowest BCUT2D eigenvalue weighted by molar-refractivity contribution is 0.0721. The maximum atomic E-state index is 13.3. The lowest BCUT2D eigenvalue weighted by Crippen LogP contribution is -2.18. The van der Waals surface area contributed by atoms with Crippen LogP contribution in [0.2, 0.25) is 0 Å². The van der Waals surface area contributed by atoms with Gasteiger partial charge in [0.05, 0.1) is 36.3 Å². The number of ether oxygens (including phenoxy) is 3. The number of sulfone groups is 2. The minimum absolute atomic E-state index is 0.00963. The molecule has 6 rings (SSSR count). The topological polar surface area (TPSA) is 176 Å². The van der Waals surface area contributed by atoms with Crippen LogP contribution in [0.4, 0.5) is 0 Å². The molecule has 1 N–H and O–H groups in total. The van der Waals surface area contributed by atoms with Gasteiger partial charge in [-0.25, -0.2) is 31.2 Å². The summed E-state index contributed by atoms with van der Waals surface area (Å²) in [6, 6.07) is 35.1. The first-order valence-electron chi connectivity index (χ1n) is 16.3. The Morgan fingerprint density at radius 3 is 1.05 bits per heavy atom. The minimum Gasteiger partial charge on any atom is -0.423 e. The standard InChI is InChI=1S/C41H29NO11S2/c1-42-38(43)27-7-5-8-28(25-27)39(44)51-31-15-21-36(22-16-31)55(49,50)37-23-17-33(18-24-37)53-41(46)30-10-6-9-29(26-30)40(45)52-32-13-19-35(20-14-32)54(47,48)34-11-3-2-4-12-34/h2-26H,1H3,(H,42,43). The van der Waals surface area contributed by atoms with Gasteiger partial charge in [0.15, 0.2) is 0 Å². The molecule has 0 radical (unpaired) electrons. The van der Waals surface area contributed by atoms with E-state index in [4.69, 9.17) is 14.2 Å². The second-order valence-corrected chi connectivity index (χ2v) is 15.5. The molecule has 6 aromatic rings. The van der Waals surface area contributed by atoms with Gasteiger partial charge in [-0.1, -0.05) is 30.3 Å². The summed E-state index contributed by atoms with van der Waals surface area (Å²) in [4.78, 5) is 50.3. The Kier molecular flexibility index (Phi) is 11.0. The third-order valence-corrected chi connectivity index (χ3v) is 11.6. The molecule has 12 nitrogen and oxygen atoms in total. The Balaban J connectivity index is 1.06. The van der Waals surface area contributed by atoms with Crippen molar-refractivity contribution in [2.45, 2.75) is 19.6 Å². The monoisotopic (exact) mass is 775 g/mol. The molecule has 0 saturated carbocycles. The number of hydrogen-bond acceptors (Lipinski definition) is 11. The summed E-state index contributed by atoms with van der Waals surface area (Å²) in [6.07, 6.45) is 0. The Morgan fingerprint density at radius 2 is 0.709 bits per heavy atom. The SMILES string of the molecule is CNC(=O)c1cccc(C(=O)Oc2ccc(S(=O)(=O)c3ccc(OC(=O)c4cccc(C(=O)Oc5ccc(S(=O)(=O)c6ccccc6)cc5)c4)cc3)cc2)c1. The number of amides is 1. The molecule has 1 amide bonds. The van der Waals surface area contributed by atoms with Crippen molar-refractivity contribution in [3.63, 3.8) is 0 Å². The third kappa shape index (κ3) is 8.67. The summed E-state index contributed by atoms with van der Waals surface area (Å²) in [7, 11) is -6.32. The van der Waals surface area contributed by atoms with E-state index in [1.165, 1.54) is 134 Å². The average Bonchev–Trinajstić information content (AvgIpc) is 3.21. The molecule has 276 valence electrons. The van der Waals surface area contributed by atoms with Crippen molar-refractivity contribution in [3.8, 4) is 17.2 Å². The van der Waals surface area contributed by atoms with Crippen LogP contribution in [0.25, 0.3) is 0 Å². The van der Waals surface area contributed by atoms with E-state index in [1.54, 1.807) is 24.3 Å². The first kappa shape index (κ1) is 37.8. The van der Waals surface area contributed by atoms with Gasteiger partial charge in [0.25, 0.3) is 5.91 Å². The van der Waals surface area contributed by atoms with E-state index in [0.29, 0.717) is 0 Å². The van der Waals surface area contributed by atoms with Gasteiger partial charge in [0, 0.05) is 12.6 Å². The van der Waals surface area contributed by atoms with Crippen molar-refractivity contribution in [1.29, 1.82) is 0 Å². The highest BCUT2D eigenvalue weighted by molar-refractivity contribution is 7.91. The second-order valence-electron chi connectivity index (χ2n) is 11.6. The van der Waals surface area contributed by atoms with Crippen molar-refractivity contribution in [2.24, 2.45) is 0 Å². The molecule has 0 spiro atoms. The van der Waals surface area contributed by atoms with Crippen LogP contribution in [0.5, 0.6) is 17.2 Å². The summed E-state index contributed by atoms with van der Waals surface area (Å²) in [5.41, 5.74) is 0.435. The van der Waals surface area contributed by atoms with Gasteiger partial charge < -0.3 is 19.5 Å². The van der Waals surface area contributed by atoms with E-state index < -0.39 is 37.6 Å². The van der Waals surface area contributed by atoms with Crippen LogP contribution >= 0.6 is 0 Å². The summed E-state index contributed by atoms with van der Waals surface area (Å²) >= 11 is 0. The number of rotatable bonds is 11. The number of carbonyl (C=O) groups excluding carboxylic acids is 4. The van der Waals surface area contributed by atoms with Crippen LogP contribution in [0.15, 0.2) is 171 Å². The Bertz CT molecular complexity index is 2620. The highest BCUT2D eigenvalue weighted by atomic mass is 32.2. The molecule has 0 aromatic heterocycles. The zero-order valence-electron chi connectivity index (χ0n) is 28.7. The number of nitrogens with one attached hydrogen (secondary N) is 1. The number of hydrogen-bond donors (Lipinski definition) is 1. The smallest absolute Gasteiger partial charge is 0.343 e. The first-order chi connectivity index (χ1) is 26.3. The average molecular weight is 776 g/mol. The Hall–Kier alpha value is -6.90. The molecule has 6 aromatic carbocycles. The minimum atomic E-state index is -4.02. The van der Waals surface area contributed by atoms with Crippen LogP contribution in [0.3, 0.4) is 0 Å².